The minimum Gasteiger partial charge on any atom is -0.390 e. The molecule has 0 amide bonds. The van der Waals surface area contributed by atoms with Gasteiger partial charge in [-0.2, -0.15) is 0 Å². The number of nitrogens with zero attached hydrogens (tertiary/aromatic N) is 2. The van der Waals surface area contributed by atoms with Crippen LogP contribution in [0.3, 0.4) is 0 Å². The van der Waals surface area contributed by atoms with E-state index in [-0.39, 0.29) is 6.10 Å². The second kappa shape index (κ2) is 8.38. The summed E-state index contributed by atoms with van der Waals surface area (Å²) in [6.07, 6.45) is 2.84. The van der Waals surface area contributed by atoms with Crippen molar-refractivity contribution in [3.8, 4) is 0 Å². The van der Waals surface area contributed by atoms with Crippen molar-refractivity contribution in [3.63, 3.8) is 0 Å². The lowest BCUT2D eigenvalue weighted by atomic mass is 9.89. The van der Waals surface area contributed by atoms with E-state index in [0.717, 1.165) is 41.0 Å². The van der Waals surface area contributed by atoms with E-state index in [1.54, 1.807) is 11.8 Å². The molecule has 2 aromatic carbocycles. The lowest BCUT2D eigenvalue weighted by molar-refractivity contribution is -0.00959. The Bertz CT molecular complexity index is 931. The Balaban J connectivity index is 1.37. The number of aromatic nitrogens is 2. The summed E-state index contributed by atoms with van der Waals surface area (Å²) in [6.45, 7) is 2.24. The van der Waals surface area contributed by atoms with Gasteiger partial charge in [0.25, 0.3) is 0 Å². The quantitative estimate of drug-likeness (QED) is 0.504. The van der Waals surface area contributed by atoms with Gasteiger partial charge < -0.3 is 9.84 Å². The van der Waals surface area contributed by atoms with Crippen LogP contribution in [0.25, 0.3) is 10.9 Å². The second-order valence-electron chi connectivity index (χ2n) is 6.97. The smallest absolute Gasteiger partial charge is 0.127 e. The van der Waals surface area contributed by atoms with E-state index in [1.807, 2.05) is 31.2 Å². The monoisotopic (exact) mass is 380 g/mol. The molecule has 0 fully saturated rings. The summed E-state index contributed by atoms with van der Waals surface area (Å²) < 4.78 is 6.07. The van der Waals surface area contributed by atoms with Gasteiger partial charge in [-0.05, 0) is 43.4 Å². The predicted molar refractivity (Wildman–Crippen MR) is 109 cm³/mol. The molecule has 0 saturated carbocycles. The summed E-state index contributed by atoms with van der Waals surface area (Å²) in [4.78, 5) is 9.02. The fraction of sp³-hybridized carbons (Fsp3) is 0.364. The average molecular weight is 381 g/mol. The topological polar surface area (TPSA) is 55.2 Å². The third kappa shape index (κ3) is 4.32. The molecule has 4 nitrogen and oxygen atoms in total. The first-order valence-electron chi connectivity index (χ1n) is 9.44. The largest absolute Gasteiger partial charge is 0.390 e. The lowest BCUT2D eigenvalue weighted by Gasteiger charge is -2.26. The van der Waals surface area contributed by atoms with Gasteiger partial charge in [0.15, 0.2) is 0 Å². The van der Waals surface area contributed by atoms with Crippen molar-refractivity contribution in [2.24, 2.45) is 0 Å². The van der Waals surface area contributed by atoms with Crippen molar-refractivity contribution >= 4 is 22.7 Å². The zero-order valence-electron chi connectivity index (χ0n) is 15.5. The number of aryl methyl sites for hydroxylation is 2. The van der Waals surface area contributed by atoms with Crippen LogP contribution in [0.5, 0.6) is 0 Å². The highest BCUT2D eigenvalue weighted by Crippen LogP contribution is 2.32. The van der Waals surface area contributed by atoms with Crippen molar-refractivity contribution < 1.29 is 9.84 Å². The summed E-state index contributed by atoms with van der Waals surface area (Å²) in [5.41, 5.74) is 3.60. The van der Waals surface area contributed by atoms with Crippen LogP contribution in [-0.4, -0.2) is 33.5 Å². The maximum Gasteiger partial charge on any atom is 0.127 e. The number of thioether (sulfide) groups is 1. The molecule has 4 rings (SSSR count). The minimum atomic E-state index is -0.530. The summed E-state index contributed by atoms with van der Waals surface area (Å²) >= 11 is 1.56. The van der Waals surface area contributed by atoms with Crippen LogP contribution in [0.1, 0.15) is 35.9 Å². The number of fused-ring (bicyclic) bond motifs is 2. The van der Waals surface area contributed by atoms with Gasteiger partial charge in [-0.1, -0.05) is 42.5 Å². The van der Waals surface area contributed by atoms with Gasteiger partial charge in [0.1, 0.15) is 10.9 Å². The molecule has 0 aliphatic heterocycles. The molecule has 0 unspecified atom stereocenters. The number of hydrogen-bond acceptors (Lipinski definition) is 5. The van der Waals surface area contributed by atoms with E-state index in [0.29, 0.717) is 12.4 Å². The highest BCUT2D eigenvalue weighted by molar-refractivity contribution is 7.99. The summed E-state index contributed by atoms with van der Waals surface area (Å²) in [5.74, 6) is 1.30. The van der Waals surface area contributed by atoms with E-state index in [2.05, 4.69) is 34.2 Å². The molecule has 3 aromatic rings. The van der Waals surface area contributed by atoms with Crippen molar-refractivity contribution in [1.82, 2.24) is 9.97 Å². The maximum atomic E-state index is 10.4. The van der Waals surface area contributed by atoms with Crippen molar-refractivity contribution in [1.29, 1.82) is 0 Å². The molecule has 0 bridgehead atoms. The zero-order valence-corrected chi connectivity index (χ0v) is 16.3. The zero-order chi connectivity index (χ0) is 18.6. The molecular weight excluding hydrogens is 356 g/mol. The minimum absolute atomic E-state index is 0.0942. The van der Waals surface area contributed by atoms with Gasteiger partial charge >= 0.3 is 0 Å². The predicted octanol–water partition coefficient (Wildman–Crippen LogP) is 4.49. The fourth-order valence-electron chi connectivity index (χ4n) is 3.60. The molecule has 1 aliphatic carbocycles. The van der Waals surface area contributed by atoms with Crippen LogP contribution in [-0.2, 0) is 11.2 Å². The fourth-order valence-corrected chi connectivity index (χ4v) is 4.57. The number of hydrogen-bond donors (Lipinski definition) is 1. The molecule has 140 valence electrons. The number of aliphatic hydroxyl groups excluding tert-OH is 1. The average Bonchev–Trinajstić information content (AvgIpc) is 2.70. The van der Waals surface area contributed by atoms with Crippen LogP contribution < -0.4 is 0 Å². The van der Waals surface area contributed by atoms with Gasteiger partial charge in [-0.25, -0.2) is 9.97 Å². The van der Waals surface area contributed by atoms with Gasteiger partial charge in [0, 0.05) is 11.1 Å². The van der Waals surface area contributed by atoms with Gasteiger partial charge in [-0.3, -0.25) is 0 Å². The first-order chi connectivity index (χ1) is 13.2. The standard InChI is InChI=1S/C22H24N2O2S/c1-15-23-20-11-5-4-10-19(20)22(24-15)27-14-17(25)13-26-21-12-6-8-16-7-2-3-9-18(16)21/h2-5,7,9-11,17,21,25H,6,8,12-14H2,1H3/t17-,21-/m1/s1. The first-order valence-corrected chi connectivity index (χ1v) is 10.4. The molecule has 2 atom stereocenters. The SMILES string of the molecule is Cc1nc(SC[C@H](O)CO[C@@H]2CCCc3ccccc32)c2ccccc2n1. The summed E-state index contributed by atoms with van der Waals surface area (Å²) in [7, 11) is 0. The molecule has 1 aliphatic rings. The van der Waals surface area contributed by atoms with E-state index in [1.165, 1.54) is 11.1 Å². The van der Waals surface area contributed by atoms with E-state index < -0.39 is 6.10 Å². The third-order valence-electron chi connectivity index (χ3n) is 4.90. The molecule has 0 radical (unpaired) electrons. The van der Waals surface area contributed by atoms with E-state index >= 15 is 0 Å². The van der Waals surface area contributed by atoms with E-state index in [9.17, 15) is 5.11 Å². The molecular formula is C22H24N2O2S. The number of benzene rings is 2. The van der Waals surface area contributed by atoms with Gasteiger partial charge in [0.2, 0.25) is 0 Å². The molecule has 1 aromatic heterocycles. The third-order valence-corrected chi connectivity index (χ3v) is 6.03. The van der Waals surface area contributed by atoms with E-state index in [4.69, 9.17) is 4.74 Å². The molecule has 1 heterocycles. The van der Waals surface area contributed by atoms with Crippen LogP contribution in [0.15, 0.2) is 53.6 Å². The van der Waals surface area contributed by atoms with Crippen LogP contribution in [0.2, 0.25) is 0 Å². The Morgan fingerprint density at radius 2 is 1.96 bits per heavy atom. The molecule has 1 N–H and O–H groups in total. The normalized spacial score (nSPS) is 17.6. The van der Waals surface area contributed by atoms with Crippen LogP contribution in [0, 0.1) is 6.92 Å². The Hall–Kier alpha value is -1.95. The van der Waals surface area contributed by atoms with Gasteiger partial charge in [-0.15, -0.1) is 11.8 Å². The van der Waals surface area contributed by atoms with Crippen molar-refractivity contribution in [3.05, 3.63) is 65.5 Å². The summed E-state index contributed by atoms with van der Waals surface area (Å²) in [5, 5.41) is 12.4. The Morgan fingerprint density at radius 3 is 2.89 bits per heavy atom. The highest BCUT2D eigenvalue weighted by Gasteiger charge is 2.21. The molecule has 0 saturated heterocycles. The number of aliphatic hydroxyl groups is 1. The summed E-state index contributed by atoms with van der Waals surface area (Å²) in [6, 6.07) is 16.5. The van der Waals surface area contributed by atoms with Crippen molar-refractivity contribution in [2.75, 3.05) is 12.4 Å². The number of para-hydroxylation sites is 1. The number of ether oxygens (including phenoxy) is 1. The molecule has 5 heteroatoms. The van der Waals surface area contributed by atoms with Gasteiger partial charge in [0.05, 0.1) is 24.3 Å². The number of rotatable bonds is 6. The Morgan fingerprint density at radius 1 is 1.15 bits per heavy atom. The lowest BCUT2D eigenvalue weighted by Crippen LogP contribution is -2.22. The Labute approximate surface area is 164 Å². The van der Waals surface area contributed by atoms with Crippen LogP contribution >= 0.6 is 11.8 Å². The first kappa shape index (κ1) is 18.4. The highest BCUT2D eigenvalue weighted by atomic mass is 32.2. The van der Waals surface area contributed by atoms with Crippen LogP contribution in [0.4, 0.5) is 0 Å². The maximum absolute atomic E-state index is 10.4. The van der Waals surface area contributed by atoms with Crippen molar-refractivity contribution in [2.45, 2.75) is 43.4 Å². The molecule has 27 heavy (non-hydrogen) atoms. The Kier molecular flexibility index (Phi) is 5.72. The second-order valence-corrected chi connectivity index (χ2v) is 7.98. The molecule has 0 spiro atoms.